The van der Waals surface area contributed by atoms with Crippen LogP contribution in [-0.4, -0.2) is 21.0 Å². The van der Waals surface area contributed by atoms with Crippen LogP contribution in [0.1, 0.15) is 16.1 Å². The number of aromatic carboxylic acids is 1. The molecule has 2 aromatic heterocycles. The fourth-order valence-electron chi connectivity index (χ4n) is 2.03. The van der Waals surface area contributed by atoms with Crippen LogP contribution in [0.4, 0.5) is 0 Å². The summed E-state index contributed by atoms with van der Waals surface area (Å²) in [4.78, 5) is 18.3. The topological polar surface area (TPSA) is 66.0 Å². The first-order chi connectivity index (χ1) is 9.74. The highest BCUT2D eigenvalue weighted by Gasteiger charge is 2.11. The molecular weight excluding hydrogens is 272 g/mol. The number of thioether (sulfide) groups is 1. The van der Waals surface area contributed by atoms with Crippen molar-refractivity contribution in [1.82, 2.24) is 9.97 Å². The monoisotopic (exact) mass is 284 g/mol. The molecule has 0 saturated heterocycles. The fourth-order valence-corrected chi connectivity index (χ4v) is 2.96. The number of aromatic amines is 1. The highest BCUT2D eigenvalue weighted by molar-refractivity contribution is 7.98. The molecule has 100 valence electrons. The van der Waals surface area contributed by atoms with Crippen molar-refractivity contribution < 1.29 is 9.90 Å². The Morgan fingerprint density at radius 2 is 2.10 bits per heavy atom. The van der Waals surface area contributed by atoms with Crippen LogP contribution >= 0.6 is 11.8 Å². The van der Waals surface area contributed by atoms with Gasteiger partial charge in [-0.1, -0.05) is 24.3 Å². The van der Waals surface area contributed by atoms with Gasteiger partial charge in [0.15, 0.2) is 5.69 Å². The molecule has 0 fully saturated rings. The summed E-state index contributed by atoms with van der Waals surface area (Å²) in [5, 5.41) is 11.3. The number of aromatic nitrogens is 2. The minimum absolute atomic E-state index is 0.121. The second-order valence-corrected chi connectivity index (χ2v) is 5.34. The van der Waals surface area contributed by atoms with E-state index in [2.05, 4.69) is 16.0 Å². The lowest BCUT2D eigenvalue weighted by Gasteiger charge is -2.03. The van der Waals surface area contributed by atoms with Crippen molar-refractivity contribution >= 4 is 28.6 Å². The number of nitrogens with one attached hydrogen (secondary N) is 1. The van der Waals surface area contributed by atoms with Crippen LogP contribution in [0, 0.1) is 0 Å². The van der Waals surface area contributed by atoms with Crippen molar-refractivity contribution in [2.24, 2.45) is 0 Å². The Bertz CT molecular complexity index is 734. The lowest BCUT2D eigenvalue weighted by molar-refractivity contribution is 0.0689. The standard InChI is InChI=1S/C15H12N2O2S/c18-15(19)14-11(5-3-7-16-14)9-20-13-8-10-4-1-2-6-12(10)17-13/h1-8,17H,9H2,(H,18,19). The Labute approximate surface area is 119 Å². The van der Waals surface area contributed by atoms with Crippen molar-refractivity contribution in [3.63, 3.8) is 0 Å². The highest BCUT2D eigenvalue weighted by atomic mass is 32.2. The molecule has 0 atom stereocenters. The molecule has 0 bridgehead atoms. The summed E-state index contributed by atoms with van der Waals surface area (Å²) in [6.07, 6.45) is 1.50. The lowest BCUT2D eigenvalue weighted by Crippen LogP contribution is -2.04. The van der Waals surface area contributed by atoms with Crippen molar-refractivity contribution in [2.45, 2.75) is 10.8 Å². The summed E-state index contributed by atoms with van der Waals surface area (Å²) in [6, 6.07) is 13.7. The number of nitrogens with zero attached hydrogens (tertiary/aromatic N) is 1. The molecule has 20 heavy (non-hydrogen) atoms. The van der Waals surface area contributed by atoms with E-state index < -0.39 is 5.97 Å². The lowest BCUT2D eigenvalue weighted by atomic mass is 10.2. The van der Waals surface area contributed by atoms with Crippen molar-refractivity contribution in [3.8, 4) is 0 Å². The van der Waals surface area contributed by atoms with Gasteiger partial charge in [-0.15, -0.1) is 11.8 Å². The van der Waals surface area contributed by atoms with Gasteiger partial charge in [0.1, 0.15) is 0 Å². The maximum absolute atomic E-state index is 11.1. The Hall–Kier alpha value is -2.27. The number of hydrogen-bond donors (Lipinski definition) is 2. The van der Waals surface area contributed by atoms with Crippen LogP contribution in [-0.2, 0) is 5.75 Å². The van der Waals surface area contributed by atoms with E-state index in [1.807, 2.05) is 24.3 Å². The fraction of sp³-hybridized carbons (Fsp3) is 0.0667. The molecule has 2 heterocycles. The van der Waals surface area contributed by atoms with E-state index >= 15 is 0 Å². The zero-order valence-corrected chi connectivity index (χ0v) is 11.4. The second kappa shape index (κ2) is 5.38. The third kappa shape index (κ3) is 2.53. The van der Waals surface area contributed by atoms with E-state index in [4.69, 9.17) is 5.11 Å². The number of carboxylic acids is 1. The van der Waals surface area contributed by atoms with Crippen LogP contribution < -0.4 is 0 Å². The molecule has 3 rings (SSSR count). The molecule has 0 radical (unpaired) electrons. The van der Waals surface area contributed by atoms with E-state index in [0.717, 1.165) is 21.5 Å². The van der Waals surface area contributed by atoms with E-state index in [1.54, 1.807) is 23.9 Å². The minimum atomic E-state index is -0.988. The van der Waals surface area contributed by atoms with Gasteiger partial charge in [0.2, 0.25) is 0 Å². The molecule has 0 saturated carbocycles. The number of rotatable bonds is 4. The molecule has 5 heteroatoms. The van der Waals surface area contributed by atoms with Gasteiger partial charge in [-0.25, -0.2) is 9.78 Å². The molecule has 3 aromatic rings. The van der Waals surface area contributed by atoms with Gasteiger partial charge in [0.05, 0.1) is 5.03 Å². The highest BCUT2D eigenvalue weighted by Crippen LogP contribution is 2.26. The van der Waals surface area contributed by atoms with E-state index in [-0.39, 0.29) is 5.69 Å². The molecule has 2 N–H and O–H groups in total. The number of carboxylic acid groups (broad SMARTS) is 1. The number of pyridine rings is 1. The molecule has 4 nitrogen and oxygen atoms in total. The Kier molecular flexibility index (Phi) is 3.43. The van der Waals surface area contributed by atoms with Crippen LogP contribution in [0.3, 0.4) is 0 Å². The van der Waals surface area contributed by atoms with Gasteiger partial charge in [-0.2, -0.15) is 0 Å². The van der Waals surface area contributed by atoms with Crippen LogP contribution in [0.5, 0.6) is 0 Å². The molecular formula is C15H12N2O2S. The summed E-state index contributed by atoms with van der Waals surface area (Å²) in [7, 11) is 0. The first-order valence-electron chi connectivity index (χ1n) is 6.12. The van der Waals surface area contributed by atoms with E-state index in [1.165, 1.54) is 6.20 Å². The number of fused-ring (bicyclic) bond motifs is 1. The van der Waals surface area contributed by atoms with Crippen LogP contribution in [0.25, 0.3) is 10.9 Å². The third-order valence-corrected chi connectivity index (χ3v) is 3.97. The summed E-state index contributed by atoms with van der Waals surface area (Å²) < 4.78 is 0. The number of para-hydroxylation sites is 1. The molecule has 0 aliphatic heterocycles. The number of benzene rings is 1. The summed E-state index contributed by atoms with van der Waals surface area (Å²) in [6.45, 7) is 0. The van der Waals surface area contributed by atoms with Crippen molar-refractivity contribution in [2.75, 3.05) is 0 Å². The molecule has 0 aliphatic rings. The number of hydrogen-bond acceptors (Lipinski definition) is 3. The average molecular weight is 284 g/mol. The Morgan fingerprint density at radius 3 is 2.90 bits per heavy atom. The normalized spacial score (nSPS) is 10.8. The van der Waals surface area contributed by atoms with Gasteiger partial charge in [-0.05, 0) is 23.8 Å². The minimum Gasteiger partial charge on any atom is -0.477 e. The molecule has 0 unspecified atom stereocenters. The van der Waals surface area contributed by atoms with Gasteiger partial charge >= 0.3 is 5.97 Å². The third-order valence-electron chi connectivity index (χ3n) is 2.98. The SMILES string of the molecule is O=C(O)c1ncccc1CSc1cc2ccccc2[nH]1. The maximum atomic E-state index is 11.1. The number of H-pyrrole nitrogens is 1. The van der Waals surface area contributed by atoms with Crippen LogP contribution in [0.15, 0.2) is 53.7 Å². The molecule has 1 aromatic carbocycles. The first-order valence-corrected chi connectivity index (χ1v) is 7.10. The summed E-state index contributed by atoms with van der Waals surface area (Å²) >= 11 is 1.57. The van der Waals surface area contributed by atoms with E-state index in [0.29, 0.717) is 5.75 Å². The zero-order valence-electron chi connectivity index (χ0n) is 10.5. The summed E-state index contributed by atoms with van der Waals surface area (Å²) in [5.41, 5.74) is 1.93. The van der Waals surface area contributed by atoms with Crippen LogP contribution in [0.2, 0.25) is 0 Å². The smallest absolute Gasteiger partial charge is 0.354 e. The van der Waals surface area contributed by atoms with Gasteiger partial charge in [0.25, 0.3) is 0 Å². The van der Waals surface area contributed by atoms with Gasteiger partial charge < -0.3 is 10.1 Å². The summed E-state index contributed by atoms with van der Waals surface area (Å²) in [5.74, 6) is -0.416. The predicted octanol–water partition coefficient (Wildman–Crippen LogP) is 3.55. The number of carbonyl (C=O) groups is 1. The maximum Gasteiger partial charge on any atom is 0.354 e. The largest absolute Gasteiger partial charge is 0.477 e. The Balaban J connectivity index is 1.81. The first kappa shape index (κ1) is 12.7. The van der Waals surface area contributed by atoms with Gasteiger partial charge in [-0.3, -0.25) is 0 Å². The second-order valence-electron chi connectivity index (χ2n) is 4.33. The van der Waals surface area contributed by atoms with Gasteiger partial charge in [0, 0.05) is 22.9 Å². The Morgan fingerprint density at radius 1 is 1.25 bits per heavy atom. The predicted molar refractivity (Wildman–Crippen MR) is 79.1 cm³/mol. The zero-order chi connectivity index (χ0) is 13.9. The molecule has 0 amide bonds. The molecule has 0 spiro atoms. The quantitative estimate of drug-likeness (QED) is 0.719. The average Bonchev–Trinajstić information content (AvgIpc) is 2.88. The van der Waals surface area contributed by atoms with Crippen molar-refractivity contribution in [3.05, 3.63) is 59.9 Å². The van der Waals surface area contributed by atoms with E-state index in [9.17, 15) is 4.79 Å². The van der Waals surface area contributed by atoms with Crippen molar-refractivity contribution in [1.29, 1.82) is 0 Å². The molecule has 0 aliphatic carbocycles.